The molecular formula is C10H12Cl2FNO3S2. The van der Waals surface area contributed by atoms with E-state index in [1.54, 1.807) is 6.92 Å². The summed E-state index contributed by atoms with van der Waals surface area (Å²) in [5.74, 6) is -0.842. The standard InChI is InChI=1S/C10H12Cl2FNO3S2/c1-6(5-18(2)15)14-19(16,17)8-4-3-7(11)10(13)9(8)12/h3-4,6,14H,5H2,1-2H3. The van der Waals surface area contributed by atoms with E-state index < -0.39 is 42.6 Å². The summed E-state index contributed by atoms with van der Waals surface area (Å²) in [6.07, 6.45) is 1.46. The number of halogens is 3. The monoisotopic (exact) mass is 347 g/mol. The molecule has 1 N–H and O–H groups in total. The number of nitrogens with one attached hydrogen (secondary N) is 1. The molecule has 1 rings (SSSR count). The first-order chi connectivity index (χ1) is 8.65. The van der Waals surface area contributed by atoms with Gasteiger partial charge in [-0.3, -0.25) is 4.21 Å². The average Bonchev–Trinajstić information content (AvgIpc) is 2.23. The number of rotatable bonds is 5. The smallest absolute Gasteiger partial charge is 0.242 e. The van der Waals surface area contributed by atoms with Crippen LogP contribution in [0.25, 0.3) is 0 Å². The summed E-state index contributed by atoms with van der Waals surface area (Å²) >= 11 is 11.1. The first kappa shape index (κ1) is 16.8. The minimum Gasteiger partial charge on any atom is -0.260 e. The van der Waals surface area contributed by atoms with Gasteiger partial charge in [0.1, 0.15) is 4.90 Å². The molecule has 0 aliphatic rings. The van der Waals surface area contributed by atoms with Gasteiger partial charge in [-0.15, -0.1) is 0 Å². The number of hydrogen-bond donors (Lipinski definition) is 1. The maximum absolute atomic E-state index is 13.5. The maximum Gasteiger partial charge on any atom is 0.242 e. The predicted molar refractivity (Wildman–Crippen MR) is 75.1 cm³/mol. The number of sulfonamides is 1. The lowest BCUT2D eigenvalue weighted by molar-refractivity contribution is 0.567. The van der Waals surface area contributed by atoms with E-state index in [0.717, 1.165) is 12.1 Å². The molecule has 0 aromatic heterocycles. The molecule has 0 amide bonds. The van der Waals surface area contributed by atoms with Crippen LogP contribution in [0.3, 0.4) is 0 Å². The van der Waals surface area contributed by atoms with Gasteiger partial charge in [0.25, 0.3) is 0 Å². The molecule has 9 heteroatoms. The highest BCUT2D eigenvalue weighted by atomic mass is 35.5. The molecule has 2 unspecified atom stereocenters. The maximum atomic E-state index is 13.5. The zero-order valence-corrected chi connectivity index (χ0v) is 13.3. The molecule has 1 aromatic carbocycles. The van der Waals surface area contributed by atoms with Crippen molar-refractivity contribution in [1.82, 2.24) is 4.72 Å². The van der Waals surface area contributed by atoms with Gasteiger partial charge in [0.15, 0.2) is 5.82 Å². The van der Waals surface area contributed by atoms with Crippen LogP contribution in [0.4, 0.5) is 4.39 Å². The Bertz CT molecular complexity index is 607. The third-order valence-electron chi connectivity index (χ3n) is 2.13. The van der Waals surface area contributed by atoms with Gasteiger partial charge in [0.05, 0.1) is 10.0 Å². The van der Waals surface area contributed by atoms with Crippen LogP contribution in [-0.2, 0) is 20.8 Å². The van der Waals surface area contributed by atoms with E-state index in [-0.39, 0.29) is 10.8 Å². The topological polar surface area (TPSA) is 63.2 Å². The zero-order valence-electron chi connectivity index (χ0n) is 10.1. The third kappa shape index (κ3) is 4.39. The fourth-order valence-corrected chi connectivity index (χ4v) is 4.31. The van der Waals surface area contributed by atoms with E-state index in [9.17, 15) is 17.0 Å². The Kier molecular flexibility index (Phi) is 5.76. The molecule has 0 bridgehead atoms. The van der Waals surface area contributed by atoms with Gasteiger partial charge in [-0.2, -0.15) is 0 Å². The molecule has 0 fully saturated rings. The van der Waals surface area contributed by atoms with Gasteiger partial charge in [-0.05, 0) is 19.1 Å². The van der Waals surface area contributed by atoms with Crippen LogP contribution in [0.2, 0.25) is 10.0 Å². The third-order valence-corrected chi connectivity index (χ3v) is 5.51. The van der Waals surface area contributed by atoms with Crippen molar-refractivity contribution in [2.45, 2.75) is 17.9 Å². The SMILES string of the molecule is CC(CS(C)=O)NS(=O)(=O)c1ccc(Cl)c(F)c1Cl. The lowest BCUT2D eigenvalue weighted by Gasteiger charge is -2.14. The van der Waals surface area contributed by atoms with Crippen molar-refractivity contribution in [1.29, 1.82) is 0 Å². The molecule has 0 saturated heterocycles. The Morgan fingerprint density at radius 2 is 2.00 bits per heavy atom. The van der Waals surface area contributed by atoms with E-state index in [4.69, 9.17) is 23.2 Å². The van der Waals surface area contributed by atoms with E-state index in [1.165, 1.54) is 6.26 Å². The van der Waals surface area contributed by atoms with Gasteiger partial charge in [0.2, 0.25) is 10.0 Å². The van der Waals surface area contributed by atoms with Crippen molar-refractivity contribution in [3.63, 3.8) is 0 Å². The summed E-state index contributed by atoms with van der Waals surface area (Å²) in [6, 6.07) is 1.66. The molecule has 0 spiro atoms. The molecule has 0 saturated carbocycles. The summed E-state index contributed by atoms with van der Waals surface area (Å²) in [5.41, 5.74) is 0. The molecule has 0 radical (unpaired) electrons. The second-order valence-electron chi connectivity index (χ2n) is 3.94. The van der Waals surface area contributed by atoms with E-state index in [2.05, 4.69) is 4.72 Å². The van der Waals surface area contributed by atoms with Crippen LogP contribution >= 0.6 is 23.2 Å². The fourth-order valence-electron chi connectivity index (χ4n) is 1.43. The molecule has 0 aliphatic heterocycles. The summed E-state index contributed by atoms with van der Waals surface area (Å²) < 4.78 is 50.8. The van der Waals surface area contributed by atoms with Crippen molar-refractivity contribution >= 4 is 44.0 Å². The highest BCUT2D eigenvalue weighted by Gasteiger charge is 2.23. The van der Waals surface area contributed by atoms with Crippen molar-refractivity contribution in [3.8, 4) is 0 Å². The molecule has 108 valence electrons. The van der Waals surface area contributed by atoms with Crippen LogP contribution < -0.4 is 4.72 Å². The van der Waals surface area contributed by atoms with Crippen molar-refractivity contribution in [3.05, 3.63) is 28.0 Å². The van der Waals surface area contributed by atoms with Crippen LogP contribution in [0, 0.1) is 5.82 Å². The second kappa shape index (κ2) is 6.49. The molecule has 19 heavy (non-hydrogen) atoms. The molecule has 0 heterocycles. The van der Waals surface area contributed by atoms with Crippen LogP contribution in [-0.4, -0.2) is 30.7 Å². The molecule has 0 aliphatic carbocycles. The minimum atomic E-state index is -3.99. The van der Waals surface area contributed by atoms with Crippen molar-refractivity contribution in [2.24, 2.45) is 0 Å². The first-order valence-electron chi connectivity index (χ1n) is 5.11. The predicted octanol–water partition coefficient (Wildman–Crippen LogP) is 2.18. The van der Waals surface area contributed by atoms with Crippen LogP contribution in [0.15, 0.2) is 17.0 Å². The zero-order chi connectivity index (χ0) is 14.8. The molecule has 1 aromatic rings. The Balaban J connectivity index is 3.08. The molecular weight excluding hydrogens is 336 g/mol. The van der Waals surface area contributed by atoms with Gasteiger partial charge in [-0.1, -0.05) is 23.2 Å². The van der Waals surface area contributed by atoms with Crippen molar-refractivity contribution in [2.75, 3.05) is 12.0 Å². The fraction of sp³-hybridized carbons (Fsp3) is 0.400. The highest BCUT2D eigenvalue weighted by Crippen LogP contribution is 2.29. The summed E-state index contributed by atoms with van der Waals surface area (Å²) in [4.78, 5) is -0.398. The normalized spacial score (nSPS) is 15.2. The molecule has 2 atom stereocenters. The van der Waals surface area contributed by atoms with E-state index in [1.807, 2.05) is 0 Å². The number of hydrogen-bond acceptors (Lipinski definition) is 3. The number of benzene rings is 1. The quantitative estimate of drug-likeness (QED) is 0.830. The lowest BCUT2D eigenvalue weighted by Crippen LogP contribution is -2.36. The summed E-state index contributed by atoms with van der Waals surface area (Å²) in [5, 5.41) is -0.823. The Hall–Kier alpha value is -0.210. The average molecular weight is 348 g/mol. The van der Waals surface area contributed by atoms with Crippen LogP contribution in [0.5, 0.6) is 0 Å². The summed E-state index contributed by atoms with van der Waals surface area (Å²) in [7, 11) is -5.15. The second-order valence-corrected chi connectivity index (χ2v) is 7.88. The first-order valence-corrected chi connectivity index (χ1v) is 9.07. The van der Waals surface area contributed by atoms with Gasteiger partial charge in [-0.25, -0.2) is 17.5 Å². The van der Waals surface area contributed by atoms with Crippen LogP contribution in [0.1, 0.15) is 6.92 Å². The largest absolute Gasteiger partial charge is 0.260 e. The van der Waals surface area contributed by atoms with E-state index in [0.29, 0.717) is 0 Å². The Morgan fingerprint density at radius 1 is 1.42 bits per heavy atom. The Labute approximate surface area is 123 Å². The molecule has 4 nitrogen and oxygen atoms in total. The van der Waals surface area contributed by atoms with Gasteiger partial charge >= 0.3 is 0 Å². The lowest BCUT2D eigenvalue weighted by atomic mass is 10.3. The minimum absolute atomic E-state index is 0.146. The Morgan fingerprint density at radius 3 is 2.53 bits per heavy atom. The highest BCUT2D eigenvalue weighted by molar-refractivity contribution is 7.89. The van der Waals surface area contributed by atoms with E-state index >= 15 is 0 Å². The van der Waals surface area contributed by atoms with Crippen molar-refractivity contribution < 1.29 is 17.0 Å². The van der Waals surface area contributed by atoms with Gasteiger partial charge in [0, 0.05) is 28.9 Å². The summed E-state index contributed by atoms with van der Waals surface area (Å²) in [6.45, 7) is 1.55. The van der Waals surface area contributed by atoms with Gasteiger partial charge < -0.3 is 0 Å².